The Morgan fingerprint density at radius 2 is 1.97 bits per heavy atom. The van der Waals surface area contributed by atoms with Gasteiger partial charge in [-0.2, -0.15) is 0 Å². The average Bonchev–Trinajstić information content (AvgIpc) is 3.70. The fourth-order valence-electron chi connectivity index (χ4n) is 6.00. The third-order valence-electron chi connectivity index (χ3n) is 7.97. The summed E-state index contributed by atoms with van der Waals surface area (Å²) in [7, 11) is 0. The molecule has 2 fully saturated rings. The molecule has 194 valence electrons. The number of tetrazole rings is 1. The lowest BCUT2D eigenvalue weighted by Gasteiger charge is -2.32. The van der Waals surface area contributed by atoms with Crippen LogP contribution in [0, 0.1) is 13.8 Å². The van der Waals surface area contributed by atoms with Gasteiger partial charge in [-0.3, -0.25) is 9.69 Å². The van der Waals surface area contributed by atoms with Crippen LogP contribution in [0.2, 0.25) is 0 Å². The number of hydrogen-bond donors (Lipinski definition) is 1. The third-order valence-corrected chi connectivity index (χ3v) is 7.97. The normalized spacial score (nSPS) is 19.4. The second-order valence-corrected chi connectivity index (χ2v) is 10.5. The predicted molar refractivity (Wildman–Crippen MR) is 139 cm³/mol. The lowest BCUT2D eigenvalue weighted by Crippen LogP contribution is -2.39. The Hall–Kier alpha value is -3.30. The monoisotopic (exact) mass is 502 g/mol. The van der Waals surface area contributed by atoms with Gasteiger partial charge < -0.3 is 14.1 Å². The zero-order chi connectivity index (χ0) is 25.4. The molecule has 4 aromatic rings. The van der Waals surface area contributed by atoms with Crippen LogP contribution >= 0.6 is 0 Å². The minimum absolute atomic E-state index is 0.0804. The minimum Gasteiger partial charge on any atom is -0.468 e. The highest BCUT2D eigenvalue weighted by Crippen LogP contribution is 2.35. The Morgan fingerprint density at radius 3 is 2.73 bits per heavy atom. The molecule has 1 saturated heterocycles. The van der Waals surface area contributed by atoms with Crippen molar-refractivity contribution in [2.75, 3.05) is 13.2 Å². The van der Waals surface area contributed by atoms with Crippen molar-refractivity contribution in [3.05, 3.63) is 75.2 Å². The molecule has 0 unspecified atom stereocenters. The summed E-state index contributed by atoms with van der Waals surface area (Å²) in [6, 6.07) is 9.83. The number of rotatable bonds is 8. The molecular formula is C28H34N6O3. The molecule has 0 spiro atoms. The summed E-state index contributed by atoms with van der Waals surface area (Å²) in [6.07, 6.45) is 8.21. The molecule has 0 amide bonds. The van der Waals surface area contributed by atoms with E-state index in [1.807, 2.05) is 35.9 Å². The first-order chi connectivity index (χ1) is 18.1. The zero-order valence-corrected chi connectivity index (χ0v) is 21.5. The van der Waals surface area contributed by atoms with Crippen molar-refractivity contribution in [2.24, 2.45) is 0 Å². The first-order valence-corrected chi connectivity index (χ1v) is 13.4. The fourth-order valence-corrected chi connectivity index (χ4v) is 6.00. The van der Waals surface area contributed by atoms with E-state index >= 15 is 0 Å². The maximum Gasteiger partial charge on any atom is 0.253 e. The second kappa shape index (κ2) is 10.2. The second-order valence-electron chi connectivity index (χ2n) is 10.5. The molecule has 3 aromatic heterocycles. The summed E-state index contributed by atoms with van der Waals surface area (Å²) >= 11 is 0. The van der Waals surface area contributed by atoms with Crippen molar-refractivity contribution in [1.29, 1.82) is 0 Å². The van der Waals surface area contributed by atoms with Crippen LogP contribution in [0.4, 0.5) is 0 Å². The van der Waals surface area contributed by atoms with Gasteiger partial charge in [0.05, 0.1) is 30.5 Å². The fraction of sp³-hybridized carbons (Fsp3) is 0.500. The Balaban J connectivity index is 1.53. The van der Waals surface area contributed by atoms with Gasteiger partial charge in [-0.25, -0.2) is 4.68 Å². The minimum atomic E-state index is -0.460. The van der Waals surface area contributed by atoms with Crippen LogP contribution < -0.4 is 5.56 Å². The molecule has 0 radical (unpaired) electrons. The van der Waals surface area contributed by atoms with E-state index in [-0.39, 0.29) is 17.7 Å². The van der Waals surface area contributed by atoms with Crippen molar-refractivity contribution in [1.82, 2.24) is 30.1 Å². The molecule has 1 saturated carbocycles. The van der Waals surface area contributed by atoms with Gasteiger partial charge in [-0.1, -0.05) is 25.0 Å². The van der Waals surface area contributed by atoms with Gasteiger partial charge >= 0.3 is 0 Å². The van der Waals surface area contributed by atoms with Gasteiger partial charge in [0, 0.05) is 24.1 Å². The van der Waals surface area contributed by atoms with Crippen LogP contribution in [0.5, 0.6) is 0 Å². The molecule has 0 bridgehead atoms. The van der Waals surface area contributed by atoms with Gasteiger partial charge in [-0.05, 0) is 79.3 Å². The third kappa shape index (κ3) is 4.73. The molecule has 9 heteroatoms. The number of hydrogen-bond acceptors (Lipinski definition) is 7. The summed E-state index contributed by atoms with van der Waals surface area (Å²) < 4.78 is 13.8. The van der Waals surface area contributed by atoms with Gasteiger partial charge in [0.25, 0.3) is 5.56 Å². The largest absolute Gasteiger partial charge is 0.468 e. The van der Waals surface area contributed by atoms with Gasteiger partial charge in [0.15, 0.2) is 5.82 Å². The summed E-state index contributed by atoms with van der Waals surface area (Å²) in [4.78, 5) is 19.2. The van der Waals surface area contributed by atoms with Crippen molar-refractivity contribution in [3.8, 4) is 0 Å². The first-order valence-electron chi connectivity index (χ1n) is 13.4. The van der Waals surface area contributed by atoms with E-state index in [0.717, 1.165) is 72.9 Å². The van der Waals surface area contributed by atoms with Crippen LogP contribution in [0.25, 0.3) is 10.9 Å². The molecule has 37 heavy (non-hydrogen) atoms. The average molecular weight is 503 g/mol. The van der Waals surface area contributed by atoms with E-state index in [4.69, 9.17) is 9.15 Å². The summed E-state index contributed by atoms with van der Waals surface area (Å²) in [5.74, 6) is 1.53. The van der Waals surface area contributed by atoms with Gasteiger partial charge in [0.1, 0.15) is 11.8 Å². The molecule has 2 atom stereocenters. The van der Waals surface area contributed by atoms with Crippen molar-refractivity contribution in [2.45, 2.75) is 77.1 Å². The number of aromatic amines is 1. The molecule has 1 aromatic carbocycles. The Bertz CT molecular complexity index is 1410. The van der Waals surface area contributed by atoms with E-state index < -0.39 is 6.04 Å². The maximum absolute atomic E-state index is 13.8. The summed E-state index contributed by atoms with van der Waals surface area (Å²) in [5, 5.41) is 14.2. The number of aromatic nitrogens is 5. The highest BCUT2D eigenvalue weighted by atomic mass is 16.5. The number of ether oxygens (including phenoxy) is 1. The standard InChI is InChI=1S/C28H34N6O3/c1-18-11-12-19(2)25-23(18)15-24(28(35)29-25)26(27-30-31-32-34(27)20-7-3-4-8-20)33(16-21-9-5-13-36-21)17-22-10-6-14-37-22/h5,9,11-13,15,20,22,26H,3-4,6-8,10,14,16-17H2,1-2H3,(H,29,35)/t22-,26+/m0/s1. The molecule has 2 aliphatic rings. The quantitative estimate of drug-likeness (QED) is 0.375. The van der Waals surface area contributed by atoms with Crippen LogP contribution in [-0.2, 0) is 11.3 Å². The lowest BCUT2D eigenvalue weighted by molar-refractivity contribution is 0.0541. The van der Waals surface area contributed by atoms with Crippen LogP contribution in [0.3, 0.4) is 0 Å². The number of benzene rings is 1. The van der Waals surface area contributed by atoms with Crippen LogP contribution in [-0.4, -0.2) is 49.3 Å². The van der Waals surface area contributed by atoms with Crippen molar-refractivity contribution < 1.29 is 9.15 Å². The van der Waals surface area contributed by atoms with E-state index in [0.29, 0.717) is 24.5 Å². The van der Waals surface area contributed by atoms with Crippen molar-refractivity contribution in [3.63, 3.8) is 0 Å². The molecular weight excluding hydrogens is 468 g/mol. The van der Waals surface area contributed by atoms with Crippen molar-refractivity contribution >= 4 is 10.9 Å². The number of furan rings is 1. The number of nitrogens with one attached hydrogen (secondary N) is 1. The molecule has 1 N–H and O–H groups in total. The lowest BCUT2D eigenvalue weighted by atomic mass is 9.98. The molecule has 1 aliphatic carbocycles. The number of nitrogens with zero attached hydrogens (tertiary/aromatic N) is 5. The number of H-pyrrole nitrogens is 1. The smallest absolute Gasteiger partial charge is 0.253 e. The maximum atomic E-state index is 13.8. The molecule has 1 aliphatic heterocycles. The van der Waals surface area contributed by atoms with Crippen LogP contribution in [0.1, 0.15) is 78.9 Å². The Labute approximate surface area is 215 Å². The van der Waals surface area contributed by atoms with E-state index in [2.05, 4.69) is 38.4 Å². The highest BCUT2D eigenvalue weighted by Gasteiger charge is 2.35. The summed E-state index contributed by atoms with van der Waals surface area (Å²) in [5.41, 5.74) is 3.55. The SMILES string of the molecule is Cc1ccc(C)c2[nH]c(=O)c([C@H](c3nnnn3C3CCCC3)N(Cc3ccco3)C[C@@H]3CCCO3)cc12. The predicted octanol–water partition coefficient (Wildman–Crippen LogP) is 4.61. The topological polar surface area (TPSA) is 102 Å². The van der Waals surface area contributed by atoms with E-state index in [9.17, 15) is 4.79 Å². The Kier molecular flexibility index (Phi) is 6.65. The number of aryl methyl sites for hydroxylation is 2. The number of pyridine rings is 1. The first kappa shape index (κ1) is 24.1. The van der Waals surface area contributed by atoms with Crippen LogP contribution in [0.15, 0.2) is 45.8 Å². The molecule has 6 rings (SSSR count). The van der Waals surface area contributed by atoms with E-state index in [1.54, 1.807) is 6.26 Å². The summed E-state index contributed by atoms with van der Waals surface area (Å²) in [6.45, 7) is 6.02. The van der Waals surface area contributed by atoms with Gasteiger partial charge in [0.2, 0.25) is 0 Å². The highest BCUT2D eigenvalue weighted by molar-refractivity contribution is 5.85. The molecule has 9 nitrogen and oxygen atoms in total. The molecule has 4 heterocycles. The van der Waals surface area contributed by atoms with Gasteiger partial charge in [-0.15, -0.1) is 5.10 Å². The number of fused-ring (bicyclic) bond motifs is 1. The zero-order valence-electron chi connectivity index (χ0n) is 21.5. The Morgan fingerprint density at radius 1 is 1.14 bits per heavy atom. The van der Waals surface area contributed by atoms with E-state index in [1.165, 1.54) is 0 Å².